The van der Waals surface area contributed by atoms with Crippen molar-refractivity contribution in [1.82, 2.24) is 4.90 Å². The highest BCUT2D eigenvalue weighted by Crippen LogP contribution is 2.24. The van der Waals surface area contributed by atoms with E-state index in [1.54, 1.807) is 0 Å². The smallest absolute Gasteiger partial charge is 0.246 e. The van der Waals surface area contributed by atoms with Gasteiger partial charge in [0, 0.05) is 25.6 Å². The van der Waals surface area contributed by atoms with Gasteiger partial charge in [0.1, 0.15) is 0 Å². The average molecular weight is 264 g/mol. The van der Waals surface area contributed by atoms with Gasteiger partial charge in [0.2, 0.25) is 11.8 Å². The van der Waals surface area contributed by atoms with Gasteiger partial charge in [0.25, 0.3) is 0 Å². The van der Waals surface area contributed by atoms with Crippen molar-refractivity contribution in [3.63, 3.8) is 0 Å². The third-order valence-electron chi connectivity index (χ3n) is 4.24. The normalized spacial score (nSPS) is 21.3. The van der Waals surface area contributed by atoms with Crippen LogP contribution in [0, 0.1) is 5.92 Å². The lowest BCUT2D eigenvalue weighted by Gasteiger charge is -2.31. The molecule has 1 saturated heterocycles. The van der Waals surface area contributed by atoms with Crippen LogP contribution in [0.5, 0.6) is 0 Å². The van der Waals surface area contributed by atoms with Gasteiger partial charge in [0.15, 0.2) is 0 Å². The number of likely N-dealkylation sites (tertiary alicyclic amines) is 1. The summed E-state index contributed by atoms with van der Waals surface area (Å²) in [6.07, 6.45) is 10.0. The second kappa shape index (κ2) is 6.73. The van der Waals surface area contributed by atoms with Gasteiger partial charge < -0.3 is 10.6 Å². The lowest BCUT2D eigenvalue weighted by Crippen LogP contribution is -2.38. The first-order valence-electron chi connectivity index (χ1n) is 7.42. The van der Waals surface area contributed by atoms with Gasteiger partial charge in [-0.25, -0.2) is 0 Å². The van der Waals surface area contributed by atoms with Gasteiger partial charge in [-0.15, -0.1) is 0 Å². The van der Waals surface area contributed by atoms with Crippen LogP contribution in [0.15, 0.2) is 11.6 Å². The van der Waals surface area contributed by atoms with Crippen LogP contribution in [-0.2, 0) is 9.59 Å². The van der Waals surface area contributed by atoms with E-state index >= 15 is 0 Å². The molecule has 2 N–H and O–H groups in total. The molecule has 1 aliphatic heterocycles. The summed E-state index contributed by atoms with van der Waals surface area (Å²) in [7, 11) is 0. The first kappa shape index (κ1) is 14.1. The van der Waals surface area contributed by atoms with E-state index in [-0.39, 0.29) is 11.8 Å². The van der Waals surface area contributed by atoms with Crippen LogP contribution in [-0.4, -0.2) is 29.8 Å². The molecule has 2 fully saturated rings. The number of carbonyl (C=O) groups is 2. The summed E-state index contributed by atoms with van der Waals surface area (Å²) in [5, 5.41) is 0. The molecule has 4 heteroatoms. The largest absolute Gasteiger partial charge is 0.370 e. The molecule has 2 amide bonds. The fourth-order valence-electron chi connectivity index (χ4n) is 3.06. The number of hydrogen-bond donors (Lipinski definition) is 1. The highest BCUT2D eigenvalue weighted by atomic mass is 16.2. The number of piperidine rings is 1. The fourth-order valence-corrected chi connectivity index (χ4v) is 3.06. The van der Waals surface area contributed by atoms with Crippen LogP contribution < -0.4 is 5.73 Å². The van der Waals surface area contributed by atoms with E-state index in [1.165, 1.54) is 24.8 Å². The summed E-state index contributed by atoms with van der Waals surface area (Å²) in [5.74, 6) is 0.299. The SMILES string of the molecule is NC(=O)CC1CCN(C(=O)C=C2CCCCC2)CC1. The minimum atomic E-state index is -0.228. The quantitative estimate of drug-likeness (QED) is 0.792. The van der Waals surface area contributed by atoms with Gasteiger partial charge in [-0.1, -0.05) is 12.0 Å². The van der Waals surface area contributed by atoms with Gasteiger partial charge in [-0.3, -0.25) is 9.59 Å². The molecule has 19 heavy (non-hydrogen) atoms. The van der Waals surface area contributed by atoms with E-state index in [9.17, 15) is 9.59 Å². The van der Waals surface area contributed by atoms with Crippen molar-refractivity contribution in [2.24, 2.45) is 11.7 Å². The Morgan fingerprint density at radius 2 is 1.79 bits per heavy atom. The van der Waals surface area contributed by atoms with Crippen molar-refractivity contribution in [3.05, 3.63) is 11.6 Å². The van der Waals surface area contributed by atoms with E-state index in [2.05, 4.69) is 0 Å². The molecule has 0 aromatic rings. The number of primary amides is 1. The molecule has 0 aromatic carbocycles. The van der Waals surface area contributed by atoms with Gasteiger partial charge in [-0.2, -0.15) is 0 Å². The Labute approximate surface area is 115 Å². The van der Waals surface area contributed by atoms with Crippen LogP contribution in [0.3, 0.4) is 0 Å². The monoisotopic (exact) mass is 264 g/mol. The van der Waals surface area contributed by atoms with Gasteiger partial charge in [0.05, 0.1) is 0 Å². The summed E-state index contributed by atoms with van der Waals surface area (Å²) in [5.41, 5.74) is 6.53. The molecule has 1 aliphatic carbocycles. The predicted molar refractivity (Wildman–Crippen MR) is 74.3 cm³/mol. The van der Waals surface area contributed by atoms with Gasteiger partial charge in [-0.05, 0) is 44.4 Å². The minimum absolute atomic E-state index is 0.162. The molecule has 1 saturated carbocycles. The highest BCUT2D eigenvalue weighted by molar-refractivity contribution is 5.88. The zero-order chi connectivity index (χ0) is 13.7. The zero-order valence-corrected chi connectivity index (χ0v) is 11.6. The maximum Gasteiger partial charge on any atom is 0.246 e. The van der Waals surface area contributed by atoms with Crippen molar-refractivity contribution in [2.75, 3.05) is 13.1 Å². The van der Waals surface area contributed by atoms with E-state index in [0.717, 1.165) is 38.8 Å². The summed E-state index contributed by atoms with van der Waals surface area (Å²) < 4.78 is 0. The van der Waals surface area contributed by atoms with Crippen molar-refractivity contribution < 1.29 is 9.59 Å². The molecular weight excluding hydrogens is 240 g/mol. The second-order valence-electron chi connectivity index (χ2n) is 5.80. The molecule has 0 unspecified atom stereocenters. The van der Waals surface area contributed by atoms with Crippen molar-refractivity contribution in [3.8, 4) is 0 Å². The molecule has 106 valence electrons. The lowest BCUT2D eigenvalue weighted by molar-refractivity contribution is -0.127. The Balaban J connectivity index is 1.80. The molecule has 0 radical (unpaired) electrons. The number of nitrogens with zero attached hydrogens (tertiary/aromatic N) is 1. The standard InChI is InChI=1S/C15H24N2O2/c16-14(18)10-13-6-8-17(9-7-13)15(19)11-12-4-2-1-3-5-12/h11,13H,1-10H2,(H2,16,18). The maximum absolute atomic E-state index is 12.2. The molecule has 4 nitrogen and oxygen atoms in total. The molecule has 2 rings (SSSR count). The van der Waals surface area contributed by atoms with Crippen LogP contribution in [0.2, 0.25) is 0 Å². The fraction of sp³-hybridized carbons (Fsp3) is 0.733. The number of amides is 2. The zero-order valence-electron chi connectivity index (χ0n) is 11.6. The van der Waals surface area contributed by atoms with Crippen molar-refractivity contribution in [1.29, 1.82) is 0 Å². The first-order valence-corrected chi connectivity index (χ1v) is 7.42. The molecule has 0 bridgehead atoms. The Bertz CT molecular complexity index is 360. The first-order chi connectivity index (χ1) is 9.15. The minimum Gasteiger partial charge on any atom is -0.370 e. The molecular formula is C15H24N2O2. The Kier molecular flexibility index (Phi) is 5.00. The third-order valence-corrected chi connectivity index (χ3v) is 4.24. The average Bonchev–Trinajstić information content (AvgIpc) is 2.40. The third kappa shape index (κ3) is 4.37. The van der Waals surface area contributed by atoms with Crippen LogP contribution in [0.1, 0.15) is 51.4 Å². The van der Waals surface area contributed by atoms with E-state index in [0.29, 0.717) is 12.3 Å². The van der Waals surface area contributed by atoms with Crippen LogP contribution >= 0.6 is 0 Å². The predicted octanol–water partition coefficient (Wildman–Crippen LogP) is 1.99. The summed E-state index contributed by atoms with van der Waals surface area (Å²) in [6.45, 7) is 1.53. The highest BCUT2D eigenvalue weighted by Gasteiger charge is 2.23. The molecule has 0 atom stereocenters. The Hall–Kier alpha value is -1.32. The van der Waals surface area contributed by atoms with E-state index < -0.39 is 0 Å². The molecule has 2 aliphatic rings. The van der Waals surface area contributed by atoms with Crippen LogP contribution in [0.25, 0.3) is 0 Å². The summed E-state index contributed by atoms with van der Waals surface area (Å²) >= 11 is 0. The van der Waals surface area contributed by atoms with Gasteiger partial charge >= 0.3 is 0 Å². The molecule has 1 heterocycles. The number of hydrogen-bond acceptors (Lipinski definition) is 2. The lowest BCUT2D eigenvalue weighted by atomic mass is 9.92. The number of nitrogens with two attached hydrogens (primary N) is 1. The van der Waals surface area contributed by atoms with E-state index in [4.69, 9.17) is 5.73 Å². The Morgan fingerprint density at radius 1 is 1.16 bits per heavy atom. The second-order valence-corrected chi connectivity index (χ2v) is 5.80. The van der Waals surface area contributed by atoms with Crippen molar-refractivity contribution >= 4 is 11.8 Å². The van der Waals surface area contributed by atoms with Crippen molar-refractivity contribution in [2.45, 2.75) is 51.4 Å². The topological polar surface area (TPSA) is 63.4 Å². The summed E-state index contributed by atoms with van der Waals surface area (Å²) in [4.78, 5) is 24.9. The Morgan fingerprint density at radius 3 is 2.37 bits per heavy atom. The number of carbonyl (C=O) groups excluding carboxylic acids is 2. The number of rotatable bonds is 3. The summed E-state index contributed by atoms with van der Waals surface area (Å²) in [6, 6.07) is 0. The number of allylic oxidation sites excluding steroid dienone is 1. The molecule has 0 aromatic heterocycles. The van der Waals surface area contributed by atoms with Crippen LogP contribution in [0.4, 0.5) is 0 Å². The van der Waals surface area contributed by atoms with E-state index in [1.807, 2.05) is 11.0 Å². The molecule has 0 spiro atoms. The maximum atomic E-state index is 12.2.